The number of hydrogen-bond donors (Lipinski definition) is 1. The fraction of sp³-hybridized carbons (Fsp3) is 0.833. The van der Waals surface area contributed by atoms with Crippen molar-refractivity contribution in [1.82, 2.24) is 15.1 Å². The van der Waals surface area contributed by atoms with Crippen molar-refractivity contribution in [1.29, 1.82) is 0 Å². The second-order valence-corrected chi connectivity index (χ2v) is 4.55. The van der Waals surface area contributed by atoms with Crippen LogP contribution in [-0.4, -0.2) is 60.9 Å². The van der Waals surface area contributed by atoms with Gasteiger partial charge in [-0.1, -0.05) is 13.8 Å². The second kappa shape index (κ2) is 6.59. The SMILES string of the molecule is CCNCC(C)CN1CCN(CC)C(=O)C1=O. The van der Waals surface area contributed by atoms with E-state index < -0.39 is 0 Å². The van der Waals surface area contributed by atoms with Gasteiger partial charge in [-0.15, -0.1) is 0 Å². The third-order valence-electron chi connectivity index (χ3n) is 3.05. The van der Waals surface area contributed by atoms with Gasteiger partial charge >= 0.3 is 11.8 Å². The van der Waals surface area contributed by atoms with Gasteiger partial charge in [-0.05, 0) is 25.9 Å². The minimum absolute atomic E-state index is 0.346. The predicted octanol–water partition coefficient (Wildman–Crippen LogP) is -0.0773. The Hall–Kier alpha value is -1.10. The normalized spacial score (nSPS) is 18.8. The van der Waals surface area contributed by atoms with Crippen LogP contribution >= 0.6 is 0 Å². The molecule has 1 aliphatic heterocycles. The molecular weight excluding hydrogens is 218 g/mol. The lowest BCUT2D eigenvalue weighted by molar-refractivity contribution is -0.156. The van der Waals surface area contributed by atoms with Crippen LogP contribution in [0.3, 0.4) is 0 Å². The molecule has 0 aromatic carbocycles. The number of nitrogens with one attached hydrogen (secondary N) is 1. The Morgan fingerprint density at radius 3 is 2.35 bits per heavy atom. The first kappa shape index (κ1) is 14.0. The Morgan fingerprint density at radius 1 is 1.18 bits per heavy atom. The molecule has 0 radical (unpaired) electrons. The minimum atomic E-state index is -0.352. The summed E-state index contributed by atoms with van der Waals surface area (Å²) in [6.45, 7) is 10.5. The van der Waals surface area contributed by atoms with Crippen molar-refractivity contribution in [3.8, 4) is 0 Å². The molecule has 1 saturated heterocycles. The molecule has 1 N–H and O–H groups in total. The Balaban J connectivity index is 2.45. The first-order chi connectivity index (χ1) is 8.10. The van der Waals surface area contributed by atoms with Gasteiger partial charge in [-0.2, -0.15) is 0 Å². The summed E-state index contributed by atoms with van der Waals surface area (Å²) in [5.74, 6) is -0.323. The van der Waals surface area contributed by atoms with E-state index in [0.29, 0.717) is 32.1 Å². The molecule has 1 rings (SSSR count). The van der Waals surface area contributed by atoms with Crippen molar-refractivity contribution in [2.24, 2.45) is 5.92 Å². The lowest BCUT2D eigenvalue weighted by Crippen LogP contribution is -2.55. The second-order valence-electron chi connectivity index (χ2n) is 4.55. The van der Waals surface area contributed by atoms with Crippen LogP contribution in [0.1, 0.15) is 20.8 Å². The maximum atomic E-state index is 11.8. The van der Waals surface area contributed by atoms with Crippen molar-refractivity contribution in [2.75, 3.05) is 39.3 Å². The van der Waals surface area contributed by atoms with Gasteiger partial charge in [0.15, 0.2) is 0 Å². The number of carbonyl (C=O) groups excluding carboxylic acids is 2. The molecule has 1 aliphatic rings. The van der Waals surface area contributed by atoms with Gasteiger partial charge in [0.2, 0.25) is 0 Å². The zero-order valence-electron chi connectivity index (χ0n) is 11.0. The predicted molar refractivity (Wildman–Crippen MR) is 66.5 cm³/mol. The number of likely N-dealkylation sites (N-methyl/N-ethyl adjacent to an activating group) is 1. The topological polar surface area (TPSA) is 52.6 Å². The van der Waals surface area contributed by atoms with Crippen LogP contribution in [0.15, 0.2) is 0 Å². The van der Waals surface area contributed by atoms with Crippen molar-refractivity contribution >= 4 is 11.8 Å². The van der Waals surface area contributed by atoms with Gasteiger partial charge in [-0.3, -0.25) is 9.59 Å². The molecule has 0 bridgehead atoms. The summed E-state index contributed by atoms with van der Waals surface area (Å²) < 4.78 is 0. The van der Waals surface area contributed by atoms with E-state index in [1.165, 1.54) is 0 Å². The number of piperazine rings is 1. The molecule has 0 aromatic heterocycles. The van der Waals surface area contributed by atoms with E-state index in [4.69, 9.17) is 0 Å². The van der Waals surface area contributed by atoms with E-state index in [-0.39, 0.29) is 11.8 Å². The van der Waals surface area contributed by atoms with Crippen molar-refractivity contribution in [3.05, 3.63) is 0 Å². The van der Waals surface area contributed by atoms with Crippen LogP contribution < -0.4 is 5.32 Å². The third kappa shape index (κ3) is 3.70. The highest BCUT2D eigenvalue weighted by molar-refractivity contribution is 6.35. The highest BCUT2D eigenvalue weighted by Crippen LogP contribution is 2.07. The Morgan fingerprint density at radius 2 is 1.76 bits per heavy atom. The van der Waals surface area contributed by atoms with Gasteiger partial charge in [0, 0.05) is 26.2 Å². The van der Waals surface area contributed by atoms with E-state index in [1.807, 2.05) is 6.92 Å². The summed E-state index contributed by atoms with van der Waals surface area (Å²) in [5.41, 5.74) is 0. The van der Waals surface area contributed by atoms with Crippen molar-refractivity contribution < 1.29 is 9.59 Å². The van der Waals surface area contributed by atoms with E-state index in [9.17, 15) is 9.59 Å². The van der Waals surface area contributed by atoms with Crippen molar-refractivity contribution in [3.63, 3.8) is 0 Å². The Kier molecular flexibility index (Phi) is 5.41. The fourth-order valence-electron chi connectivity index (χ4n) is 2.02. The molecule has 98 valence electrons. The van der Waals surface area contributed by atoms with Gasteiger partial charge in [0.25, 0.3) is 0 Å². The summed E-state index contributed by atoms with van der Waals surface area (Å²) >= 11 is 0. The van der Waals surface area contributed by atoms with E-state index in [2.05, 4.69) is 19.2 Å². The average molecular weight is 241 g/mol. The highest BCUT2D eigenvalue weighted by Gasteiger charge is 2.31. The van der Waals surface area contributed by atoms with E-state index in [0.717, 1.165) is 13.1 Å². The van der Waals surface area contributed by atoms with Gasteiger partial charge in [-0.25, -0.2) is 0 Å². The molecule has 1 fully saturated rings. The van der Waals surface area contributed by atoms with Crippen LogP contribution in [0.5, 0.6) is 0 Å². The summed E-state index contributed by atoms with van der Waals surface area (Å²) in [5, 5.41) is 3.25. The monoisotopic (exact) mass is 241 g/mol. The molecule has 0 aromatic rings. The maximum Gasteiger partial charge on any atom is 0.312 e. The zero-order valence-corrected chi connectivity index (χ0v) is 11.0. The van der Waals surface area contributed by atoms with Crippen LogP contribution in [0.25, 0.3) is 0 Å². The Bertz CT molecular complexity index is 281. The third-order valence-corrected chi connectivity index (χ3v) is 3.05. The molecule has 1 unspecified atom stereocenters. The van der Waals surface area contributed by atoms with Crippen LogP contribution in [-0.2, 0) is 9.59 Å². The van der Waals surface area contributed by atoms with Crippen molar-refractivity contribution in [2.45, 2.75) is 20.8 Å². The van der Waals surface area contributed by atoms with Gasteiger partial charge in [0.1, 0.15) is 0 Å². The van der Waals surface area contributed by atoms with E-state index >= 15 is 0 Å². The maximum absolute atomic E-state index is 11.8. The molecule has 5 nitrogen and oxygen atoms in total. The van der Waals surface area contributed by atoms with Gasteiger partial charge in [0.05, 0.1) is 0 Å². The van der Waals surface area contributed by atoms with Crippen LogP contribution in [0.2, 0.25) is 0 Å². The lowest BCUT2D eigenvalue weighted by atomic mass is 10.1. The average Bonchev–Trinajstić information content (AvgIpc) is 2.33. The standard InChI is InChI=1S/C12H23N3O2/c1-4-13-8-10(3)9-15-7-6-14(5-2)11(16)12(15)17/h10,13H,4-9H2,1-3H3. The Labute approximate surface area is 103 Å². The first-order valence-electron chi connectivity index (χ1n) is 6.39. The summed E-state index contributed by atoms with van der Waals surface area (Å²) in [6.07, 6.45) is 0. The highest BCUT2D eigenvalue weighted by atomic mass is 16.2. The molecule has 0 saturated carbocycles. The minimum Gasteiger partial charge on any atom is -0.333 e. The number of amides is 2. The molecule has 1 heterocycles. The number of carbonyl (C=O) groups is 2. The first-order valence-corrected chi connectivity index (χ1v) is 6.39. The fourth-order valence-corrected chi connectivity index (χ4v) is 2.02. The molecule has 1 atom stereocenters. The number of rotatable bonds is 6. The molecule has 5 heteroatoms. The lowest BCUT2D eigenvalue weighted by Gasteiger charge is -2.34. The zero-order chi connectivity index (χ0) is 12.8. The van der Waals surface area contributed by atoms with E-state index in [1.54, 1.807) is 9.80 Å². The summed E-state index contributed by atoms with van der Waals surface area (Å²) in [4.78, 5) is 26.8. The quantitative estimate of drug-likeness (QED) is 0.662. The largest absolute Gasteiger partial charge is 0.333 e. The van der Waals surface area contributed by atoms with Crippen LogP contribution in [0, 0.1) is 5.92 Å². The van der Waals surface area contributed by atoms with Gasteiger partial charge < -0.3 is 15.1 Å². The molecular formula is C12H23N3O2. The summed E-state index contributed by atoms with van der Waals surface area (Å²) in [7, 11) is 0. The van der Waals surface area contributed by atoms with Crippen LogP contribution in [0.4, 0.5) is 0 Å². The smallest absolute Gasteiger partial charge is 0.312 e. The summed E-state index contributed by atoms with van der Waals surface area (Å²) in [6, 6.07) is 0. The molecule has 2 amide bonds. The molecule has 0 aliphatic carbocycles. The molecule has 17 heavy (non-hydrogen) atoms. The number of hydrogen-bond acceptors (Lipinski definition) is 3. The number of nitrogens with zero attached hydrogens (tertiary/aromatic N) is 2. The molecule has 0 spiro atoms.